The topological polar surface area (TPSA) is 41.6 Å². The zero-order chi connectivity index (χ0) is 19.4. The highest BCUT2D eigenvalue weighted by molar-refractivity contribution is 5.74. The molecule has 0 aromatic heterocycles. The average Bonchev–Trinajstić information content (AvgIpc) is 3.45. The van der Waals surface area contributed by atoms with Gasteiger partial charge in [0, 0.05) is 13.6 Å². The first kappa shape index (κ1) is 19.1. The minimum Gasteiger partial charge on any atom is -0.406 e. The molecule has 0 saturated heterocycles. The Morgan fingerprint density at radius 1 is 1.15 bits per heavy atom. The van der Waals surface area contributed by atoms with Crippen LogP contribution in [-0.2, 0) is 6.54 Å². The molecule has 1 saturated carbocycles. The first-order chi connectivity index (χ1) is 12.8. The van der Waals surface area contributed by atoms with E-state index < -0.39 is 6.36 Å². The number of nitrogens with zero attached hydrogens (tertiary/aromatic N) is 1. The van der Waals surface area contributed by atoms with Crippen molar-refractivity contribution in [1.29, 1.82) is 0 Å². The Morgan fingerprint density at radius 3 is 2.33 bits per heavy atom. The molecular weight excluding hydrogens is 357 g/mol. The average molecular weight is 378 g/mol. The van der Waals surface area contributed by atoms with Crippen molar-refractivity contribution in [2.24, 2.45) is 5.92 Å². The van der Waals surface area contributed by atoms with Crippen molar-refractivity contribution < 1.29 is 22.7 Å². The van der Waals surface area contributed by atoms with Crippen LogP contribution in [0.15, 0.2) is 54.6 Å². The molecule has 1 unspecified atom stereocenters. The predicted octanol–water partition coefficient (Wildman–Crippen LogP) is 4.88. The fraction of sp³-hybridized carbons (Fsp3) is 0.350. The van der Waals surface area contributed by atoms with E-state index in [9.17, 15) is 18.0 Å². The van der Waals surface area contributed by atoms with Gasteiger partial charge in [-0.2, -0.15) is 0 Å². The molecule has 0 aliphatic heterocycles. The fourth-order valence-electron chi connectivity index (χ4n) is 2.95. The van der Waals surface area contributed by atoms with Gasteiger partial charge in [0.2, 0.25) is 0 Å². The van der Waals surface area contributed by atoms with Crippen molar-refractivity contribution in [3.8, 4) is 5.75 Å². The summed E-state index contributed by atoms with van der Waals surface area (Å²) >= 11 is 0. The van der Waals surface area contributed by atoms with Gasteiger partial charge in [-0.3, -0.25) is 0 Å². The van der Waals surface area contributed by atoms with E-state index in [2.05, 4.69) is 10.1 Å². The quantitative estimate of drug-likeness (QED) is 0.779. The molecule has 0 spiro atoms. The molecule has 1 aliphatic carbocycles. The maximum absolute atomic E-state index is 12.6. The van der Waals surface area contributed by atoms with Crippen LogP contribution in [0.25, 0.3) is 0 Å². The molecule has 1 fully saturated rings. The van der Waals surface area contributed by atoms with Gasteiger partial charge in [0.05, 0.1) is 6.04 Å². The van der Waals surface area contributed by atoms with Gasteiger partial charge in [0.1, 0.15) is 5.75 Å². The lowest BCUT2D eigenvalue weighted by molar-refractivity contribution is -0.274. The maximum atomic E-state index is 12.6. The first-order valence-corrected chi connectivity index (χ1v) is 8.73. The summed E-state index contributed by atoms with van der Waals surface area (Å²) in [6.07, 6.45) is -2.54. The van der Waals surface area contributed by atoms with Crippen LogP contribution in [-0.4, -0.2) is 24.3 Å². The van der Waals surface area contributed by atoms with Gasteiger partial charge < -0.3 is 15.0 Å². The van der Waals surface area contributed by atoms with Gasteiger partial charge in [-0.1, -0.05) is 42.5 Å². The number of amides is 2. The molecule has 1 N–H and O–H groups in total. The fourth-order valence-corrected chi connectivity index (χ4v) is 2.95. The number of benzene rings is 2. The van der Waals surface area contributed by atoms with E-state index in [0.29, 0.717) is 11.5 Å². The molecule has 3 rings (SSSR count). The van der Waals surface area contributed by atoms with Crippen LogP contribution in [0.4, 0.5) is 18.0 Å². The number of hydrogen-bond donors (Lipinski definition) is 1. The lowest BCUT2D eigenvalue weighted by Crippen LogP contribution is -2.39. The van der Waals surface area contributed by atoms with Crippen molar-refractivity contribution in [3.63, 3.8) is 0 Å². The highest BCUT2D eigenvalue weighted by Gasteiger charge is 2.34. The number of hydrogen-bond acceptors (Lipinski definition) is 2. The van der Waals surface area contributed by atoms with Crippen LogP contribution in [0.2, 0.25) is 0 Å². The molecule has 2 amide bonds. The van der Waals surface area contributed by atoms with Gasteiger partial charge in [0.15, 0.2) is 0 Å². The van der Waals surface area contributed by atoms with Crippen LogP contribution in [0.3, 0.4) is 0 Å². The third-order valence-electron chi connectivity index (χ3n) is 4.45. The molecule has 27 heavy (non-hydrogen) atoms. The predicted molar refractivity (Wildman–Crippen MR) is 95.0 cm³/mol. The third kappa shape index (κ3) is 5.64. The van der Waals surface area contributed by atoms with E-state index in [1.165, 1.54) is 29.2 Å². The van der Waals surface area contributed by atoms with Crippen LogP contribution in [0, 0.1) is 5.92 Å². The van der Waals surface area contributed by atoms with Crippen molar-refractivity contribution in [3.05, 3.63) is 65.7 Å². The second kappa shape index (κ2) is 7.90. The van der Waals surface area contributed by atoms with Crippen molar-refractivity contribution in [2.75, 3.05) is 7.05 Å². The summed E-state index contributed by atoms with van der Waals surface area (Å²) in [6, 6.07) is 15.1. The minimum atomic E-state index is -4.71. The van der Waals surface area contributed by atoms with Gasteiger partial charge in [-0.15, -0.1) is 13.2 Å². The molecule has 7 heteroatoms. The number of nitrogens with one attached hydrogen (secondary N) is 1. The highest BCUT2D eigenvalue weighted by atomic mass is 19.4. The Labute approximate surface area is 155 Å². The monoisotopic (exact) mass is 378 g/mol. The van der Waals surface area contributed by atoms with E-state index >= 15 is 0 Å². The largest absolute Gasteiger partial charge is 0.573 e. The number of urea groups is 1. The second-order valence-electron chi connectivity index (χ2n) is 6.72. The number of carbonyl (C=O) groups excluding carboxylic acids is 1. The summed E-state index contributed by atoms with van der Waals surface area (Å²) in [5.41, 5.74) is 1.79. The van der Waals surface area contributed by atoms with Gasteiger partial charge >= 0.3 is 12.4 Å². The van der Waals surface area contributed by atoms with Crippen molar-refractivity contribution in [1.82, 2.24) is 10.2 Å². The molecule has 144 valence electrons. The Morgan fingerprint density at radius 2 is 1.78 bits per heavy atom. The third-order valence-corrected chi connectivity index (χ3v) is 4.45. The van der Waals surface area contributed by atoms with E-state index in [-0.39, 0.29) is 24.4 Å². The van der Waals surface area contributed by atoms with Gasteiger partial charge in [0.25, 0.3) is 0 Å². The Bertz CT molecular complexity index is 759. The number of carbonyl (C=O) groups is 1. The standard InChI is InChI=1S/C20H21F3N2O2/c1-25(13-14-7-11-17(12-8-14)27-20(21,22)23)19(26)24-18(16-9-10-16)15-5-3-2-4-6-15/h2-8,11-12,16,18H,9-10,13H2,1H3,(H,24,26). The molecule has 1 aliphatic rings. The van der Waals surface area contributed by atoms with Crippen LogP contribution in [0.1, 0.15) is 30.0 Å². The molecule has 0 heterocycles. The van der Waals surface area contributed by atoms with Gasteiger partial charge in [-0.05, 0) is 42.0 Å². The van der Waals surface area contributed by atoms with Crippen molar-refractivity contribution in [2.45, 2.75) is 31.8 Å². The van der Waals surface area contributed by atoms with Crippen LogP contribution < -0.4 is 10.1 Å². The number of ether oxygens (including phenoxy) is 1. The number of alkyl halides is 3. The molecule has 0 radical (unpaired) electrons. The lowest BCUT2D eigenvalue weighted by Gasteiger charge is -2.24. The first-order valence-electron chi connectivity index (χ1n) is 8.73. The molecule has 0 bridgehead atoms. The summed E-state index contributed by atoms with van der Waals surface area (Å²) in [4.78, 5) is 14.1. The number of rotatable bonds is 6. The Kier molecular flexibility index (Phi) is 5.58. The summed E-state index contributed by atoms with van der Waals surface area (Å²) in [6.45, 7) is 0.282. The molecule has 2 aromatic carbocycles. The highest BCUT2D eigenvalue weighted by Crippen LogP contribution is 2.41. The summed E-state index contributed by atoms with van der Waals surface area (Å²) < 4.78 is 40.5. The zero-order valence-electron chi connectivity index (χ0n) is 14.9. The molecule has 4 nitrogen and oxygen atoms in total. The summed E-state index contributed by atoms with van der Waals surface area (Å²) in [5, 5.41) is 3.07. The van der Waals surface area contributed by atoms with E-state index in [1.807, 2.05) is 30.3 Å². The van der Waals surface area contributed by atoms with E-state index in [0.717, 1.165) is 18.4 Å². The van der Waals surface area contributed by atoms with E-state index in [1.54, 1.807) is 7.05 Å². The van der Waals surface area contributed by atoms with Crippen LogP contribution in [0.5, 0.6) is 5.75 Å². The summed E-state index contributed by atoms with van der Waals surface area (Å²) in [7, 11) is 1.66. The number of halogens is 3. The Hall–Kier alpha value is -2.70. The van der Waals surface area contributed by atoms with E-state index in [4.69, 9.17) is 0 Å². The lowest BCUT2D eigenvalue weighted by atomic mass is 10.0. The molecule has 1 atom stereocenters. The maximum Gasteiger partial charge on any atom is 0.573 e. The van der Waals surface area contributed by atoms with Gasteiger partial charge in [-0.25, -0.2) is 4.79 Å². The molecular formula is C20H21F3N2O2. The summed E-state index contributed by atoms with van der Waals surface area (Å²) in [5.74, 6) is 0.166. The van der Waals surface area contributed by atoms with Crippen LogP contribution >= 0.6 is 0 Å². The van der Waals surface area contributed by atoms with Crippen molar-refractivity contribution >= 4 is 6.03 Å². The normalized spacial score (nSPS) is 15.1. The minimum absolute atomic E-state index is 0.0243. The Balaban J connectivity index is 1.58. The zero-order valence-corrected chi connectivity index (χ0v) is 14.9. The second-order valence-corrected chi connectivity index (χ2v) is 6.72. The molecule has 2 aromatic rings. The SMILES string of the molecule is CN(Cc1ccc(OC(F)(F)F)cc1)C(=O)NC(c1ccccc1)C1CC1. The smallest absolute Gasteiger partial charge is 0.406 e.